The van der Waals surface area contributed by atoms with Gasteiger partial charge in [-0.15, -0.1) is 0 Å². The highest BCUT2D eigenvalue weighted by Crippen LogP contribution is 2.52. The number of nitrogens with one attached hydrogen (secondary N) is 1. The highest BCUT2D eigenvalue weighted by Gasteiger charge is 2.59. The lowest BCUT2D eigenvalue weighted by atomic mass is 9.56. The van der Waals surface area contributed by atoms with Gasteiger partial charge in [-0.1, -0.05) is 31.0 Å². The zero-order chi connectivity index (χ0) is 23.5. The van der Waals surface area contributed by atoms with Crippen molar-refractivity contribution in [2.45, 2.75) is 75.9 Å². The molecule has 0 bridgehead atoms. The second-order valence-corrected chi connectivity index (χ2v) is 9.80. The van der Waals surface area contributed by atoms with Crippen LogP contribution in [-0.4, -0.2) is 29.8 Å². The van der Waals surface area contributed by atoms with Crippen molar-refractivity contribution in [3.05, 3.63) is 58.7 Å². The number of ether oxygens (including phenoxy) is 1. The van der Waals surface area contributed by atoms with Gasteiger partial charge in [-0.2, -0.15) is 0 Å². The number of aliphatic hydroxyl groups is 1. The Kier molecular flexibility index (Phi) is 7.84. The first kappa shape index (κ1) is 24.9. The molecule has 1 unspecified atom stereocenters. The molecule has 0 aromatic heterocycles. The SMILES string of the molecule is COC(=O)C1(c2cc(F)c(CC(CC[C@H](C)NS)C3=CCCC=C3)cc2F)CC(C)(O)C1. The molecular weight excluding hydrogens is 432 g/mol. The molecule has 176 valence electrons. The third-order valence-corrected chi connectivity index (χ3v) is 7.16. The molecule has 0 spiro atoms. The molecule has 32 heavy (non-hydrogen) atoms. The Labute approximate surface area is 194 Å². The summed E-state index contributed by atoms with van der Waals surface area (Å²) in [7, 11) is 1.22. The Hall–Kier alpha value is -1.70. The standard InChI is InChI=1S/C25H33F2NO3S/c1-16(28-32)9-10-18(17-7-5-4-6-8-17)11-19-12-22(27)20(13-21(19)26)25(23(29)31-3)14-24(2,30)15-25/h5,7-8,12-13,16,18,28,30,32H,4,6,9-11,14-15H2,1-3H3/t16-,18?,24?,25?/m0/s1. The van der Waals surface area contributed by atoms with Crippen LogP contribution < -0.4 is 4.72 Å². The number of thiol groups is 1. The van der Waals surface area contributed by atoms with Crippen LogP contribution in [0.3, 0.4) is 0 Å². The number of esters is 1. The lowest BCUT2D eigenvalue weighted by molar-refractivity contribution is -0.166. The summed E-state index contributed by atoms with van der Waals surface area (Å²) in [5, 5.41) is 10.2. The van der Waals surface area contributed by atoms with Gasteiger partial charge in [0.05, 0.1) is 12.7 Å². The van der Waals surface area contributed by atoms with E-state index in [-0.39, 0.29) is 35.9 Å². The molecule has 1 saturated carbocycles. The minimum atomic E-state index is -1.36. The van der Waals surface area contributed by atoms with Gasteiger partial charge in [0.15, 0.2) is 0 Å². The van der Waals surface area contributed by atoms with Crippen LogP contribution >= 0.6 is 12.8 Å². The van der Waals surface area contributed by atoms with Crippen molar-refractivity contribution in [2.24, 2.45) is 5.92 Å². The highest BCUT2D eigenvalue weighted by molar-refractivity contribution is 7.78. The number of hydrogen-bond donors (Lipinski definition) is 3. The molecule has 4 nitrogen and oxygen atoms in total. The largest absolute Gasteiger partial charge is 0.468 e. The number of halogens is 2. The quantitative estimate of drug-likeness (QED) is 0.356. The van der Waals surface area contributed by atoms with E-state index in [9.17, 15) is 9.90 Å². The Morgan fingerprint density at radius 2 is 1.97 bits per heavy atom. The zero-order valence-electron chi connectivity index (χ0n) is 19.0. The van der Waals surface area contributed by atoms with Crippen molar-refractivity contribution < 1.29 is 23.4 Å². The van der Waals surface area contributed by atoms with Crippen molar-refractivity contribution in [1.82, 2.24) is 4.72 Å². The van der Waals surface area contributed by atoms with E-state index in [1.165, 1.54) is 13.2 Å². The van der Waals surface area contributed by atoms with E-state index in [2.05, 4.69) is 35.8 Å². The maximum Gasteiger partial charge on any atom is 0.316 e. The Morgan fingerprint density at radius 1 is 1.25 bits per heavy atom. The molecule has 0 amide bonds. The third-order valence-electron chi connectivity index (χ3n) is 6.72. The molecule has 1 aromatic carbocycles. The van der Waals surface area contributed by atoms with Crippen molar-refractivity contribution in [3.63, 3.8) is 0 Å². The Balaban J connectivity index is 1.89. The third kappa shape index (κ3) is 5.26. The Morgan fingerprint density at radius 3 is 2.53 bits per heavy atom. The second kappa shape index (κ2) is 10.1. The van der Waals surface area contributed by atoms with Crippen LogP contribution in [0.1, 0.15) is 63.5 Å². The normalized spacial score (nSPS) is 26.8. The molecule has 1 fully saturated rings. The molecule has 1 aromatic rings. The molecule has 2 N–H and O–H groups in total. The van der Waals surface area contributed by atoms with E-state index in [4.69, 9.17) is 4.74 Å². The fourth-order valence-corrected chi connectivity index (χ4v) is 5.23. The van der Waals surface area contributed by atoms with E-state index in [1.807, 2.05) is 6.92 Å². The second-order valence-electron chi connectivity index (χ2n) is 9.54. The van der Waals surface area contributed by atoms with Crippen LogP contribution in [-0.2, 0) is 21.4 Å². The monoisotopic (exact) mass is 465 g/mol. The van der Waals surface area contributed by atoms with Crippen LogP contribution in [0.2, 0.25) is 0 Å². The maximum atomic E-state index is 15.3. The molecule has 7 heteroatoms. The van der Waals surface area contributed by atoms with E-state index >= 15 is 8.78 Å². The van der Waals surface area contributed by atoms with Crippen LogP contribution in [0.15, 0.2) is 35.9 Å². The predicted molar refractivity (Wildman–Crippen MR) is 124 cm³/mol. The number of hydrogen-bond acceptors (Lipinski definition) is 5. The van der Waals surface area contributed by atoms with Crippen molar-refractivity contribution >= 4 is 18.8 Å². The Bertz CT molecular complexity index is 905. The predicted octanol–water partition coefficient (Wildman–Crippen LogP) is 4.96. The van der Waals surface area contributed by atoms with Crippen LogP contribution in [0.25, 0.3) is 0 Å². The van der Waals surface area contributed by atoms with E-state index in [1.54, 1.807) is 6.92 Å². The van der Waals surface area contributed by atoms with Gasteiger partial charge in [0.2, 0.25) is 0 Å². The molecule has 2 aliphatic carbocycles. The summed E-state index contributed by atoms with van der Waals surface area (Å²) in [6.45, 7) is 3.61. The molecule has 0 heterocycles. The molecule has 2 aliphatic rings. The minimum Gasteiger partial charge on any atom is -0.468 e. The lowest BCUT2D eigenvalue weighted by Gasteiger charge is -2.49. The average Bonchev–Trinajstić information content (AvgIpc) is 2.76. The summed E-state index contributed by atoms with van der Waals surface area (Å²) in [5.74, 6) is -1.78. The van der Waals surface area contributed by atoms with Crippen LogP contribution in [0.4, 0.5) is 8.78 Å². The first-order valence-corrected chi connectivity index (χ1v) is 11.6. The number of methoxy groups -OCH3 is 1. The van der Waals surface area contributed by atoms with Gasteiger partial charge >= 0.3 is 5.97 Å². The lowest BCUT2D eigenvalue weighted by Crippen LogP contribution is -2.58. The van der Waals surface area contributed by atoms with Crippen molar-refractivity contribution in [2.75, 3.05) is 7.11 Å². The van der Waals surface area contributed by atoms with Gasteiger partial charge in [-0.25, -0.2) is 8.78 Å². The number of carbonyl (C=O) groups is 1. The smallest absolute Gasteiger partial charge is 0.316 e. The highest BCUT2D eigenvalue weighted by atomic mass is 32.1. The molecule has 3 rings (SSSR count). The average molecular weight is 466 g/mol. The first-order chi connectivity index (χ1) is 15.1. The number of benzene rings is 1. The summed E-state index contributed by atoms with van der Waals surface area (Å²) in [5.41, 5.74) is -1.08. The van der Waals surface area contributed by atoms with E-state index in [0.717, 1.165) is 37.3 Å². The number of rotatable bonds is 9. The van der Waals surface area contributed by atoms with Gasteiger partial charge in [-0.3, -0.25) is 9.52 Å². The van der Waals surface area contributed by atoms with Gasteiger partial charge in [0, 0.05) is 11.6 Å². The maximum absolute atomic E-state index is 15.3. The topological polar surface area (TPSA) is 58.6 Å². The molecular formula is C25H33F2NO3S. The van der Waals surface area contributed by atoms with E-state index < -0.39 is 28.6 Å². The fraction of sp³-hybridized carbons (Fsp3) is 0.560. The zero-order valence-corrected chi connectivity index (χ0v) is 19.9. The number of carbonyl (C=O) groups excluding carboxylic acids is 1. The fourth-order valence-electron chi connectivity index (χ4n) is 5.10. The molecule has 0 aliphatic heterocycles. The minimum absolute atomic E-state index is 0.00268. The molecule has 0 saturated heterocycles. The van der Waals surface area contributed by atoms with E-state index in [0.29, 0.717) is 6.42 Å². The first-order valence-electron chi connectivity index (χ1n) is 11.2. The summed E-state index contributed by atoms with van der Waals surface area (Å²) >= 11 is 4.12. The number of allylic oxidation sites excluding steroid dienone is 4. The summed E-state index contributed by atoms with van der Waals surface area (Å²) in [4.78, 5) is 12.5. The van der Waals surface area contributed by atoms with Crippen molar-refractivity contribution in [3.8, 4) is 0 Å². The summed E-state index contributed by atoms with van der Waals surface area (Å²) < 4.78 is 38.3. The molecule has 0 radical (unpaired) electrons. The summed E-state index contributed by atoms with van der Waals surface area (Å²) in [6, 6.07) is 2.53. The summed E-state index contributed by atoms with van der Waals surface area (Å²) in [6.07, 6.45) is 10.3. The van der Waals surface area contributed by atoms with Gasteiger partial charge in [0.1, 0.15) is 17.0 Å². The van der Waals surface area contributed by atoms with Crippen molar-refractivity contribution in [1.29, 1.82) is 0 Å². The van der Waals surface area contributed by atoms with Crippen LogP contribution in [0, 0.1) is 17.6 Å². The van der Waals surface area contributed by atoms with Gasteiger partial charge in [-0.05, 0) is 88.0 Å². The molecule has 2 atom stereocenters. The van der Waals surface area contributed by atoms with Crippen LogP contribution in [0.5, 0.6) is 0 Å². The van der Waals surface area contributed by atoms with Gasteiger partial charge < -0.3 is 9.84 Å². The van der Waals surface area contributed by atoms with Gasteiger partial charge in [0.25, 0.3) is 0 Å².